The lowest BCUT2D eigenvalue weighted by molar-refractivity contribution is 0.0952. The van der Waals surface area contributed by atoms with E-state index in [2.05, 4.69) is 24.1 Å². The molecule has 6 heteroatoms. The molecule has 1 N–H and O–H groups in total. The molecular weight excluding hydrogens is 381 g/mol. The molecule has 0 saturated carbocycles. The van der Waals surface area contributed by atoms with Crippen LogP contribution in [-0.2, 0) is 12.8 Å². The first-order valence-electron chi connectivity index (χ1n) is 9.65. The van der Waals surface area contributed by atoms with Crippen LogP contribution in [0.3, 0.4) is 0 Å². The van der Waals surface area contributed by atoms with Crippen molar-refractivity contribution in [1.29, 1.82) is 0 Å². The second-order valence-corrected chi connectivity index (χ2v) is 6.77. The predicted octanol–water partition coefficient (Wildman–Crippen LogP) is 4.42. The molecule has 1 aliphatic carbocycles. The number of pyridine rings is 1. The maximum atomic E-state index is 13.0. The number of rotatable bonds is 7. The van der Waals surface area contributed by atoms with Gasteiger partial charge in [0.05, 0.1) is 11.1 Å². The number of benzene rings is 1. The molecule has 1 heterocycles. The van der Waals surface area contributed by atoms with Crippen molar-refractivity contribution in [3.8, 4) is 0 Å². The number of aryl methyl sites for hydroxylation is 1. The first kappa shape index (κ1) is 23.7. The number of hydrogen-bond donors (Lipinski definition) is 1. The summed E-state index contributed by atoms with van der Waals surface area (Å²) in [6.45, 7) is 8.23. The number of fused-ring (bicyclic) bond motifs is 2. The van der Waals surface area contributed by atoms with E-state index < -0.39 is 0 Å². The van der Waals surface area contributed by atoms with Crippen molar-refractivity contribution in [2.24, 2.45) is 0 Å². The Morgan fingerprint density at radius 1 is 1.11 bits per heavy atom. The average molecular weight is 412 g/mol. The van der Waals surface area contributed by atoms with Crippen molar-refractivity contribution < 1.29 is 4.79 Å². The van der Waals surface area contributed by atoms with Crippen molar-refractivity contribution >= 4 is 41.6 Å². The Hall–Kier alpha value is -1.36. The number of carbonyl (C=O) groups is 1. The molecule has 0 radical (unpaired) electrons. The van der Waals surface area contributed by atoms with Gasteiger partial charge in [0, 0.05) is 17.6 Å². The van der Waals surface area contributed by atoms with Gasteiger partial charge in [0.2, 0.25) is 0 Å². The third-order valence-electron chi connectivity index (χ3n) is 5.23. The second kappa shape index (κ2) is 11.5. The molecule has 0 saturated heterocycles. The largest absolute Gasteiger partial charge is 0.352 e. The molecule has 1 aliphatic rings. The van der Waals surface area contributed by atoms with Crippen LogP contribution in [0.2, 0.25) is 0 Å². The van der Waals surface area contributed by atoms with Gasteiger partial charge in [0.15, 0.2) is 0 Å². The Bertz CT molecular complexity index is 748. The van der Waals surface area contributed by atoms with Gasteiger partial charge in [-0.2, -0.15) is 0 Å². The Morgan fingerprint density at radius 3 is 2.56 bits per heavy atom. The molecule has 1 aromatic carbocycles. The normalized spacial score (nSPS) is 12.9. The summed E-state index contributed by atoms with van der Waals surface area (Å²) < 4.78 is 0. The SMILES string of the molecule is CCN(CC)CCCNC(=O)c1c2c(nc3ccccc13)CCCC2.Cl.Cl. The van der Waals surface area contributed by atoms with Crippen LogP contribution in [0, 0.1) is 0 Å². The molecule has 1 amide bonds. The fourth-order valence-corrected chi connectivity index (χ4v) is 3.76. The molecule has 4 nitrogen and oxygen atoms in total. The fourth-order valence-electron chi connectivity index (χ4n) is 3.76. The lowest BCUT2D eigenvalue weighted by Crippen LogP contribution is -2.31. The van der Waals surface area contributed by atoms with E-state index in [4.69, 9.17) is 4.98 Å². The molecule has 0 bridgehead atoms. The molecule has 2 aromatic rings. The quantitative estimate of drug-likeness (QED) is 0.685. The molecule has 1 aromatic heterocycles. The maximum absolute atomic E-state index is 13.0. The van der Waals surface area contributed by atoms with Crippen molar-refractivity contribution in [1.82, 2.24) is 15.2 Å². The Labute approximate surface area is 174 Å². The summed E-state index contributed by atoms with van der Waals surface area (Å²) in [5.41, 5.74) is 4.10. The number of carbonyl (C=O) groups excluding carboxylic acids is 1. The lowest BCUT2D eigenvalue weighted by atomic mass is 9.89. The van der Waals surface area contributed by atoms with E-state index >= 15 is 0 Å². The van der Waals surface area contributed by atoms with E-state index in [1.165, 1.54) is 12.0 Å². The van der Waals surface area contributed by atoms with Gasteiger partial charge in [-0.1, -0.05) is 32.0 Å². The highest BCUT2D eigenvalue weighted by Crippen LogP contribution is 2.29. The molecule has 0 atom stereocenters. The predicted molar refractivity (Wildman–Crippen MR) is 118 cm³/mol. The molecule has 0 spiro atoms. The van der Waals surface area contributed by atoms with E-state index in [-0.39, 0.29) is 30.7 Å². The van der Waals surface area contributed by atoms with Crippen LogP contribution < -0.4 is 5.32 Å². The average Bonchev–Trinajstić information content (AvgIpc) is 2.66. The number of halogens is 2. The fraction of sp³-hybridized carbons (Fsp3) is 0.524. The number of hydrogen-bond acceptors (Lipinski definition) is 3. The first-order valence-corrected chi connectivity index (χ1v) is 9.65. The summed E-state index contributed by atoms with van der Waals surface area (Å²) >= 11 is 0. The van der Waals surface area contributed by atoms with Gasteiger partial charge in [-0.3, -0.25) is 9.78 Å². The highest BCUT2D eigenvalue weighted by atomic mass is 35.5. The zero-order valence-corrected chi connectivity index (χ0v) is 17.9. The van der Waals surface area contributed by atoms with E-state index in [0.717, 1.165) is 74.0 Å². The van der Waals surface area contributed by atoms with Gasteiger partial charge in [-0.15, -0.1) is 24.8 Å². The number of para-hydroxylation sites is 1. The van der Waals surface area contributed by atoms with Crippen molar-refractivity contribution in [3.63, 3.8) is 0 Å². The van der Waals surface area contributed by atoms with Gasteiger partial charge in [0.25, 0.3) is 5.91 Å². The highest BCUT2D eigenvalue weighted by molar-refractivity contribution is 6.07. The van der Waals surface area contributed by atoms with Gasteiger partial charge >= 0.3 is 0 Å². The minimum absolute atomic E-state index is 0. The van der Waals surface area contributed by atoms with E-state index in [9.17, 15) is 4.79 Å². The summed E-state index contributed by atoms with van der Waals surface area (Å²) in [6, 6.07) is 8.04. The van der Waals surface area contributed by atoms with Crippen molar-refractivity contribution in [2.45, 2.75) is 46.0 Å². The summed E-state index contributed by atoms with van der Waals surface area (Å²) in [5.74, 6) is 0.0660. The van der Waals surface area contributed by atoms with Crippen LogP contribution in [0.1, 0.15) is 54.7 Å². The van der Waals surface area contributed by atoms with Gasteiger partial charge < -0.3 is 10.2 Å². The van der Waals surface area contributed by atoms with Crippen LogP contribution in [-0.4, -0.2) is 42.0 Å². The highest BCUT2D eigenvalue weighted by Gasteiger charge is 2.22. The molecule has 0 aliphatic heterocycles. The Balaban J connectivity index is 0.00000182. The van der Waals surface area contributed by atoms with Crippen molar-refractivity contribution in [2.75, 3.05) is 26.2 Å². The van der Waals surface area contributed by atoms with E-state index in [1.807, 2.05) is 24.3 Å². The minimum atomic E-state index is 0. The van der Waals surface area contributed by atoms with Gasteiger partial charge in [-0.05, 0) is 63.4 Å². The summed E-state index contributed by atoms with van der Waals surface area (Å²) in [6.07, 6.45) is 5.26. The third kappa shape index (κ3) is 5.56. The molecule has 0 unspecified atom stereocenters. The van der Waals surface area contributed by atoms with Crippen LogP contribution in [0.25, 0.3) is 10.9 Å². The molecule has 0 fully saturated rings. The Morgan fingerprint density at radius 2 is 1.81 bits per heavy atom. The van der Waals surface area contributed by atoms with E-state index in [0.29, 0.717) is 0 Å². The van der Waals surface area contributed by atoms with Crippen molar-refractivity contribution in [3.05, 3.63) is 41.1 Å². The van der Waals surface area contributed by atoms with Crippen LogP contribution in [0.15, 0.2) is 24.3 Å². The minimum Gasteiger partial charge on any atom is -0.352 e. The molecule has 150 valence electrons. The topological polar surface area (TPSA) is 45.2 Å². The summed E-state index contributed by atoms with van der Waals surface area (Å²) in [4.78, 5) is 20.2. The lowest BCUT2D eigenvalue weighted by Gasteiger charge is -2.21. The van der Waals surface area contributed by atoms with Crippen LogP contribution in [0.4, 0.5) is 0 Å². The van der Waals surface area contributed by atoms with Crippen LogP contribution >= 0.6 is 24.8 Å². The molecule has 3 rings (SSSR count). The zero-order chi connectivity index (χ0) is 17.6. The number of aromatic nitrogens is 1. The first-order chi connectivity index (χ1) is 12.2. The second-order valence-electron chi connectivity index (χ2n) is 6.77. The summed E-state index contributed by atoms with van der Waals surface area (Å²) in [5, 5.41) is 4.14. The maximum Gasteiger partial charge on any atom is 0.252 e. The zero-order valence-electron chi connectivity index (χ0n) is 16.3. The number of nitrogens with zero attached hydrogens (tertiary/aromatic N) is 2. The van der Waals surface area contributed by atoms with Gasteiger partial charge in [0.1, 0.15) is 0 Å². The Kier molecular flexibility index (Phi) is 10.1. The third-order valence-corrected chi connectivity index (χ3v) is 5.23. The van der Waals surface area contributed by atoms with Gasteiger partial charge in [-0.25, -0.2) is 0 Å². The smallest absolute Gasteiger partial charge is 0.252 e. The standard InChI is InChI=1S/C21H29N3O.2ClH/c1-3-24(4-2)15-9-14-22-21(25)20-16-10-5-7-12-18(16)23-19-13-8-6-11-17(19)20;;/h5,7,10,12H,3-4,6,8-9,11,13-15H2,1-2H3,(H,22,25);2*1H. The van der Waals surface area contributed by atoms with E-state index in [1.54, 1.807) is 0 Å². The van der Waals surface area contributed by atoms with Crippen LogP contribution in [0.5, 0.6) is 0 Å². The molecular formula is C21H31Cl2N3O. The number of amides is 1. The monoisotopic (exact) mass is 411 g/mol. The summed E-state index contributed by atoms with van der Waals surface area (Å²) in [7, 11) is 0. The molecule has 27 heavy (non-hydrogen) atoms. The number of nitrogens with one attached hydrogen (secondary N) is 1.